The minimum absolute atomic E-state index is 0.0172. The molecule has 0 saturated carbocycles. The van der Waals surface area contributed by atoms with Gasteiger partial charge in [0.1, 0.15) is 11.5 Å². The molecular weight excluding hydrogens is 300 g/mol. The summed E-state index contributed by atoms with van der Waals surface area (Å²) in [4.78, 5) is 10.8. The van der Waals surface area contributed by atoms with Crippen molar-refractivity contribution in [2.24, 2.45) is 5.73 Å². The number of aromatic carboxylic acids is 1. The fourth-order valence-electron chi connectivity index (χ4n) is 1.78. The lowest BCUT2D eigenvalue weighted by atomic mass is 10.2. The first kappa shape index (κ1) is 16.2. The summed E-state index contributed by atoms with van der Waals surface area (Å²) in [7, 11) is 0. The van der Waals surface area contributed by atoms with Crippen LogP contribution in [0.4, 0.5) is 5.69 Å². The Hall–Kier alpha value is -2.18. The van der Waals surface area contributed by atoms with Crippen LogP contribution in [0.1, 0.15) is 10.4 Å². The van der Waals surface area contributed by atoms with Crippen LogP contribution >= 0.6 is 12.6 Å². The van der Waals surface area contributed by atoms with Gasteiger partial charge in [0.15, 0.2) is 0 Å². The van der Waals surface area contributed by atoms with Crippen molar-refractivity contribution in [1.82, 2.24) is 0 Å². The molecule has 6 heteroatoms. The molecule has 0 fully saturated rings. The van der Waals surface area contributed by atoms with E-state index in [9.17, 15) is 4.79 Å². The zero-order chi connectivity index (χ0) is 15.9. The van der Waals surface area contributed by atoms with Gasteiger partial charge in [0.2, 0.25) is 0 Å². The van der Waals surface area contributed by atoms with Crippen LogP contribution in [0.3, 0.4) is 0 Å². The number of ether oxygens (including phenoxy) is 1. The van der Waals surface area contributed by atoms with Gasteiger partial charge in [-0.25, -0.2) is 4.79 Å². The average molecular weight is 318 g/mol. The maximum absolute atomic E-state index is 10.8. The first-order chi connectivity index (χ1) is 10.6. The Bertz CT molecular complexity index is 632. The lowest BCUT2D eigenvalue weighted by molar-refractivity contribution is 0.0697. The quantitative estimate of drug-likeness (QED) is 0.590. The predicted molar refractivity (Wildman–Crippen MR) is 90.2 cm³/mol. The van der Waals surface area contributed by atoms with E-state index in [1.54, 1.807) is 12.1 Å². The molecule has 0 bridgehead atoms. The number of benzene rings is 2. The van der Waals surface area contributed by atoms with Crippen LogP contribution in [-0.4, -0.2) is 29.4 Å². The van der Waals surface area contributed by atoms with Gasteiger partial charge in [0, 0.05) is 30.1 Å². The molecule has 2 rings (SSSR count). The van der Waals surface area contributed by atoms with Gasteiger partial charge >= 0.3 is 5.97 Å². The number of carboxylic acid groups (broad SMARTS) is 1. The number of hydrogen-bond acceptors (Lipinski definition) is 5. The summed E-state index contributed by atoms with van der Waals surface area (Å²) in [5.74, 6) is 0.888. The van der Waals surface area contributed by atoms with Gasteiger partial charge in [-0.3, -0.25) is 0 Å². The molecule has 0 radical (unpaired) electrons. The number of carbonyl (C=O) groups is 1. The van der Waals surface area contributed by atoms with Gasteiger partial charge in [0.25, 0.3) is 0 Å². The van der Waals surface area contributed by atoms with Crippen molar-refractivity contribution in [2.75, 3.05) is 17.6 Å². The van der Waals surface area contributed by atoms with Crippen LogP contribution in [0.2, 0.25) is 0 Å². The second-order valence-electron chi connectivity index (χ2n) is 4.78. The third-order valence-corrected chi connectivity index (χ3v) is 3.44. The Morgan fingerprint density at radius 2 is 1.95 bits per heavy atom. The number of thiol groups is 1. The van der Waals surface area contributed by atoms with E-state index in [0.29, 0.717) is 23.8 Å². The normalized spacial score (nSPS) is 11.7. The molecule has 0 aliphatic rings. The van der Waals surface area contributed by atoms with E-state index >= 15 is 0 Å². The van der Waals surface area contributed by atoms with Gasteiger partial charge in [-0.15, -0.1) is 0 Å². The van der Waals surface area contributed by atoms with Crippen LogP contribution in [0.25, 0.3) is 0 Å². The zero-order valence-corrected chi connectivity index (χ0v) is 12.8. The van der Waals surface area contributed by atoms with Crippen molar-refractivity contribution in [3.05, 3.63) is 54.1 Å². The second kappa shape index (κ2) is 7.72. The average Bonchev–Trinajstić information content (AvgIpc) is 2.53. The molecule has 5 nitrogen and oxygen atoms in total. The first-order valence-electron chi connectivity index (χ1n) is 6.80. The molecule has 0 spiro atoms. The number of anilines is 1. The predicted octanol–water partition coefficient (Wildman–Crippen LogP) is 2.85. The summed E-state index contributed by atoms with van der Waals surface area (Å²) in [5.41, 5.74) is 6.93. The second-order valence-corrected chi connectivity index (χ2v) is 5.15. The molecule has 116 valence electrons. The maximum atomic E-state index is 10.8. The lowest BCUT2D eigenvalue weighted by Crippen LogP contribution is -2.30. The van der Waals surface area contributed by atoms with E-state index in [1.165, 1.54) is 12.1 Å². The van der Waals surface area contributed by atoms with Crippen LogP contribution in [0.5, 0.6) is 11.5 Å². The molecule has 1 atom stereocenters. The van der Waals surface area contributed by atoms with Gasteiger partial charge < -0.3 is 20.9 Å². The Morgan fingerprint density at radius 3 is 2.59 bits per heavy atom. The van der Waals surface area contributed by atoms with Crippen LogP contribution in [-0.2, 0) is 0 Å². The molecular formula is C16H18N2O3S. The number of nitrogens with two attached hydrogens (primary N) is 1. The van der Waals surface area contributed by atoms with Gasteiger partial charge in [-0.1, -0.05) is 6.07 Å². The summed E-state index contributed by atoms with van der Waals surface area (Å²) < 4.78 is 5.71. The minimum Gasteiger partial charge on any atom is -0.478 e. The fourth-order valence-corrected chi connectivity index (χ4v) is 1.91. The Balaban J connectivity index is 2.02. The summed E-state index contributed by atoms with van der Waals surface area (Å²) in [6.45, 7) is 0.625. The largest absolute Gasteiger partial charge is 0.478 e. The molecule has 0 heterocycles. The Kier molecular flexibility index (Phi) is 5.68. The molecule has 4 N–H and O–H groups in total. The van der Waals surface area contributed by atoms with Gasteiger partial charge in [0.05, 0.1) is 5.56 Å². The van der Waals surface area contributed by atoms with E-state index in [-0.39, 0.29) is 11.6 Å². The Morgan fingerprint density at radius 1 is 1.23 bits per heavy atom. The van der Waals surface area contributed by atoms with E-state index in [2.05, 4.69) is 17.9 Å². The number of rotatable bonds is 7. The molecule has 0 aromatic heterocycles. The molecule has 0 saturated heterocycles. The number of hydrogen-bond donors (Lipinski definition) is 4. The topological polar surface area (TPSA) is 84.6 Å². The highest BCUT2D eigenvalue weighted by molar-refractivity contribution is 7.80. The zero-order valence-electron chi connectivity index (χ0n) is 11.9. The van der Waals surface area contributed by atoms with Gasteiger partial charge in [-0.2, -0.15) is 12.6 Å². The summed E-state index contributed by atoms with van der Waals surface area (Å²) >= 11 is 4.14. The van der Waals surface area contributed by atoms with Gasteiger partial charge in [-0.05, 0) is 36.4 Å². The fraction of sp³-hybridized carbons (Fsp3) is 0.188. The standard InChI is InChI=1S/C16H18N2O3S/c17-12(10-22)9-18-13-2-1-3-15(8-13)21-14-6-4-11(5-7-14)16(19)20/h1-8,12,18,22H,9-10,17H2,(H,19,20)/t12-/m1/s1. The molecule has 0 aliphatic carbocycles. The van der Waals surface area contributed by atoms with E-state index in [1.807, 2.05) is 24.3 Å². The Labute approximate surface area is 134 Å². The van der Waals surface area contributed by atoms with Crippen molar-refractivity contribution in [2.45, 2.75) is 6.04 Å². The molecule has 0 amide bonds. The van der Waals surface area contributed by atoms with Crippen LogP contribution in [0, 0.1) is 0 Å². The SMILES string of the molecule is N[C@@H](CS)CNc1cccc(Oc2ccc(C(=O)O)cc2)c1. The maximum Gasteiger partial charge on any atom is 0.335 e. The summed E-state index contributed by atoms with van der Waals surface area (Å²) in [6.07, 6.45) is 0. The monoisotopic (exact) mass is 318 g/mol. The number of nitrogens with one attached hydrogen (secondary N) is 1. The molecule has 22 heavy (non-hydrogen) atoms. The minimum atomic E-state index is -0.960. The van der Waals surface area contributed by atoms with E-state index in [0.717, 1.165) is 5.69 Å². The molecule has 2 aromatic carbocycles. The molecule has 0 aliphatic heterocycles. The number of carboxylic acids is 1. The van der Waals surface area contributed by atoms with Crippen molar-refractivity contribution in [3.8, 4) is 11.5 Å². The highest BCUT2D eigenvalue weighted by Crippen LogP contribution is 2.24. The van der Waals surface area contributed by atoms with Crippen molar-refractivity contribution in [3.63, 3.8) is 0 Å². The summed E-state index contributed by atoms with van der Waals surface area (Å²) in [5, 5.41) is 12.1. The lowest BCUT2D eigenvalue weighted by Gasteiger charge is -2.12. The van der Waals surface area contributed by atoms with Crippen molar-refractivity contribution < 1.29 is 14.6 Å². The highest BCUT2D eigenvalue weighted by atomic mass is 32.1. The molecule has 0 unspecified atom stereocenters. The smallest absolute Gasteiger partial charge is 0.335 e. The summed E-state index contributed by atoms with van der Waals surface area (Å²) in [6, 6.07) is 13.7. The van der Waals surface area contributed by atoms with Crippen molar-refractivity contribution in [1.29, 1.82) is 0 Å². The van der Waals surface area contributed by atoms with E-state index in [4.69, 9.17) is 15.6 Å². The highest BCUT2D eigenvalue weighted by Gasteiger charge is 2.04. The van der Waals surface area contributed by atoms with Crippen molar-refractivity contribution >= 4 is 24.3 Å². The first-order valence-corrected chi connectivity index (χ1v) is 7.43. The molecule has 2 aromatic rings. The van der Waals surface area contributed by atoms with E-state index < -0.39 is 5.97 Å². The van der Waals surface area contributed by atoms with Crippen LogP contribution < -0.4 is 15.8 Å². The van der Waals surface area contributed by atoms with Crippen LogP contribution in [0.15, 0.2) is 48.5 Å². The third kappa shape index (κ3) is 4.68. The third-order valence-electron chi connectivity index (χ3n) is 2.97.